The van der Waals surface area contributed by atoms with Crippen molar-refractivity contribution in [1.82, 2.24) is 49.8 Å². The number of phenolic OH excluding ortho intramolecular Hbond substituents is 1. The number of likely N-dealkylation sites (N-methyl/N-ethyl adjacent to an activating group) is 5. The molecule has 0 aromatic heterocycles. The normalized spacial score (nSPS) is 13.3. The lowest BCUT2D eigenvalue weighted by Crippen LogP contribution is -2.45. The monoisotopic (exact) mass is 2020 g/mol. The highest BCUT2D eigenvalue weighted by Crippen LogP contribution is 2.37. The molecule has 0 spiro atoms. The van der Waals surface area contributed by atoms with Crippen molar-refractivity contribution in [2.24, 2.45) is 52.8 Å². The molecule has 2 amide bonds. The summed E-state index contributed by atoms with van der Waals surface area (Å²) in [6, 6.07) is 97.1. The molecule has 810 valence electrons. The summed E-state index contributed by atoms with van der Waals surface area (Å²) in [5.74, 6) is 6.69. The largest absolute Gasteiger partial charge is 0.508 e. The number of nitrogens with one attached hydrogen (secondary N) is 2. The van der Waals surface area contributed by atoms with Crippen molar-refractivity contribution in [3.8, 4) is 44.9 Å². The minimum Gasteiger partial charge on any atom is -0.508 e. The van der Waals surface area contributed by atoms with E-state index in [9.17, 15) is 14.7 Å². The lowest BCUT2D eigenvalue weighted by Gasteiger charge is -2.38. The van der Waals surface area contributed by atoms with Crippen LogP contribution in [-0.4, -0.2) is 204 Å². The van der Waals surface area contributed by atoms with E-state index in [2.05, 4.69) is 398 Å². The number of phenols is 1. The molecule has 11 aromatic carbocycles. The molecule has 1 unspecified atom stereocenters. The second-order valence-electron chi connectivity index (χ2n) is 48.2. The molecule has 1 aliphatic carbocycles. The number of aromatic hydroxyl groups is 1. The first-order chi connectivity index (χ1) is 71.0. The summed E-state index contributed by atoms with van der Waals surface area (Å²) in [5.41, 5.74) is 23.1. The Bertz CT molecular complexity index is 5590. The van der Waals surface area contributed by atoms with Gasteiger partial charge in [0, 0.05) is 125 Å². The van der Waals surface area contributed by atoms with Crippen LogP contribution in [0.2, 0.25) is 0 Å². The molecule has 149 heavy (non-hydrogen) atoms. The van der Waals surface area contributed by atoms with E-state index in [-0.39, 0.29) is 29.3 Å². The molecule has 0 aliphatic heterocycles. The number of methoxy groups -OCH3 is 1. The Morgan fingerprint density at radius 3 is 1.21 bits per heavy atom. The third kappa shape index (κ3) is 48.0. The van der Waals surface area contributed by atoms with Crippen molar-refractivity contribution in [2.45, 2.75) is 264 Å². The minimum absolute atomic E-state index is 0.00119. The molecule has 4 atom stereocenters. The Kier molecular flexibility index (Phi) is 54.1. The van der Waals surface area contributed by atoms with Gasteiger partial charge in [-0.15, -0.1) is 0 Å². The molecule has 14 heteroatoms. The number of hydrogen-bond donors (Lipinski definition) is 3. The van der Waals surface area contributed by atoms with Crippen molar-refractivity contribution >= 4 is 11.8 Å². The molecule has 0 bridgehead atoms. The Labute approximate surface area is 906 Å². The van der Waals surface area contributed by atoms with Gasteiger partial charge in [-0.1, -0.05) is 380 Å². The van der Waals surface area contributed by atoms with Gasteiger partial charge in [0.2, 0.25) is 0 Å². The van der Waals surface area contributed by atoms with Crippen LogP contribution in [0.4, 0.5) is 0 Å². The highest BCUT2D eigenvalue weighted by atomic mass is 16.5. The second-order valence-corrected chi connectivity index (χ2v) is 48.2. The van der Waals surface area contributed by atoms with E-state index in [1.165, 1.54) is 118 Å². The van der Waals surface area contributed by atoms with Gasteiger partial charge in [-0.25, -0.2) is 0 Å². The van der Waals surface area contributed by atoms with Crippen molar-refractivity contribution in [2.75, 3.05) is 123 Å². The van der Waals surface area contributed by atoms with Gasteiger partial charge in [-0.05, 0) is 308 Å². The maximum atomic E-state index is 13.2. The molecule has 0 saturated heterocycles. The van der Waals surface area contributed by atoms with Gasteiger partial charge in [-0.3, -0.25) is 24.3 Å². The third-order valence-corrected chi connectivity index (χ3v) is 27.1. The van der Waals surface area contributed by atoms with E-state index < -0.39 is 0 Å². The van der Waals surface area contributed by atoms with E-state index in [0.717, 1.165) is 174 Å². The lowest BCUT2D eigenvalue weighted by molar-refractivity contribution is 0.0912. The van der Waals surface area contributed by atoms with Crippen LogP contribution in [0, 0.1) is 52.8 Å². The lowest BCUT2D eigenvalue weighted by atomic mass is 9.87. The molecule has 1 saturated carbocycles. The number of hydrogen-bond acceptors (Lipinski definition) is 12. The highest BCUT2D eigenvalue weighted by molar-refractivity contribution is 5.96. The molecule has 14 nitrogen and oxygen atoms in total. The Morgan fingerprint density at radius 1 is 0.336 bits per heavy atom. The fourth-order valence-corrected chi connectivity index (χ4v) is 20.9. The fraction of sp³-hybridized carbons (Fsp3) is 0.496. The van der Waals surface area contributed by atoms with Gasteiger partial charge in [0.15, 0.2) is 0 Å². The quantitative estimate of drug-likeness (QED) is 0.0337. The van der Waals surface area contributed by atoms with Crippen LogP contribution in [0.3, 0.4) is 0 Å². The van der Waals surface area contributed by atoms with Crippen LogP contribution < -0.4 is 15.4 Å². The predicted octanol–water partition coefficient (Wildman–Crippen LogP) is 29.0. The smallest absolute Gasteiger partial charge is 0.251 e. The highest BCUT2D eigenvalue weighted by Gasteiger charge is 2.29. The summed E-state index contributed by atoms with van der Waals surface area (Å²) in [7, 11) is 22.9. The number of ether oxygens (including phenoxy) is 1. The van der Waals surface area contributed by atoms with E-state index in [1.54, 1.807) is 13.2 Å². The maximum Gasteiger partial charge on any atom is 0.251 e. The van der Waals surface area contributed by atoms with Crippen molar-refractivity contribution in [3.63, 3.8) is 0 Å². The summed E-state index contributed by atoms with van der Waals surface area (Å²) >= 11 is 0. The Hall–Kier alpha value is -10.4. The number of nitrogens with zero attached hydrogens (tertiary/aromatic N) is 8. The van der Waals surface area contributed by atoms with Gasteiger partial charge < -0.3 is 45.0 Å². The molecular formula is C135H196N10O4. The summed E-state index contributed by atoms with van der Waals surface area (Å²) in [6.45, 7) is 50.5. The average molecular weight is 2020 g/mol. The topological polar surface area (TPSA) is 114 Å². The van der Waals surface area contributed by atoms with Crippen LogP contribution in [0.5, 0.6) is 11.5 Å². The number of amides is 2. The van der Waals surface area contributed by atoms with Gasteiger partial charge in [-0.2, -0.15) is 0 Å². The first-order valence-electron chi connectivity index (χ1n) is 56.2. The van der Waals surface area contributed by atoms with E-state index in [4.69, 9.17) is 4.74 Å². The summed E-state index contributed by atoms with van der Waals surface area (Å²) < 4.78 is 5.80. The van der Waals surface area contributed by atoms with Crippen LogP contribution in [-0.2, 0) is 71.2 Å². The number of rotatable bonds is 50. The minimum atomic E-state index is -0.0584. The Balaban J connectivity index is 0.000000227. The Morgan fingerprint density at radius 2 is 0.725 bits per heavy atom. The summed E-state index contributed by atoms with van der Waals surface area (Å²) in [5, 5.41) is 16.9. The molecule has 1 aliphatic rings. The number of para-hydroxylation sites is 2. The van der Waals surface area contributed by atoms with Gasteiger partial charge in [0.25, 0.3) is 11.8 Å². The summed E-state index contributed by atoms with van der Waals surface area (Å²) in [4.78, 5) is 45.3. The number of carbonyl (C=O) groups is 2. The number of benzene rings is 11. The van der Waals surface area contributed by atoms with Crippen LogP contribution in [0.15, 0.2) is 273 Å². The summed E-state index contributed by atoms with van der Waals surface area (Å²) in [6.07, 6.45) is 16.8. The molecule has 3 N–H and O–H groups in total. The first-order valence-corrected chi connectivity index (χ1v) is 56.2. The van der Waals surface area contributed by atoms with Crippen LogP contribution in [0.25, 0.3) is 33.4 Å². The zero-order valence-corrected chi connectivity index (χ0v) is 97.5. The zero-order chi connectivity index (χ0) is 109. The zero-order valence-electron chi connectivity index (χ0n) is 97.5. The van der Waals surface area contributed by atoms with E-state index >= 15 is 0 Å². The van der Waals surface area contributed by atoms with Gasteiger partial charge in [0.1, 0.15) is 11.5 Å². The standard InChI is InChI=1S/C29H36N2O2.C28H36N2.C26H38N2O.C26H40N2O.C26H46N2/c1-21(2)17-24-14-10-16-27(28(24)33-5)23-13-9-15-25(19-23)29(32)30-26(20-31(3)4)18-22-11-7-6-8-12-22;1-23(2)19-24-11-10-12-25(20-24)21-30(18-17-29(3)4)22-27-15-8-9-16-28(27)26-13-6-5-7-14-26;1-19(2)14-20-10-8-11-21(15-20)22-12-9-13-23(16-22)25(29)27-24(18-28(6)7)17-26(3,4)5;1-20(2)14-22-10-9-11-23(16-22)17-28(18-24-12-7-8-13-26(24)29)25(15-21(3)4)19-27(5)6;1-21(2)15-24-13-10-14-25(17-24)19-28(18-23-11-8-7-9-12-23)26(16-22(3)4)20-27(5)6/h6-16,19,21,26H,17-18,20H2,1-5H3,(H,30,32);5-16,20,23H,17-19,21-22H2,1-4H3;8-13,15-16,19,24H,14,17-18H2,1-7H3,(H,27,29);7-13,16,20-21,25,29H,14-15,17-19H2,1-6H3;10,13-14,17,21-23,26H,7-9,11-12,15-16,18-20H2,1-6H3/t26-;;;25-;26-/m0..00/s1. The van der Waals surface area contributed by atoms with E-state index in [1.807, 2.05) is 107 Å². The van der Waals surface area contributed by atoms with Crippen LogP contribution in [0.1, 0.15) is 251 Å². The third-order valence-electron chi connectivity index (χ3n) is 27.1. The molecule has 11 aromatic rings. The van der Waals surface area contributed by atoms with Crippen LogP contribution >= 0.6 is 0 Å². The van der Waals surface area contributed by atoms with Crippen molar-refractivity contribution in [3.05, 3.63) is 345 Å². The first kappa shape index (κ1) is 124. The maximum absolute atomic E-state index is 13.2. The number of carbonyl (C=O) groups excluding carboxylic acids is 2. The molecule has 0 heterocycles. The van der Waals surface area contributed by atoms with Gasteiger partial charge in [0.05, 0.1) is 7.11 Å². The molecule has 0 radical (unpaired) electrons. The molecule has 12 rings (SSSR count). The predicted molar refractivity (Wildman–Crippen MR) is 639 cm³/mol. The average Bonchev–Trinajstić information content (AvgIpc) is 0.803. The second kappa shape index (κ2) is 65.1. The fourth-order valence-electron chi connectivity index (χ4n) is 20.9. The molecule has 1 fully saturated rings. The van der Waals surface area contributed by atoms with E-state index in [0.29, 0.717) is 53.0 Å². The van der Waals surface area contributed by atoms with Crippen molar-refractivity contribution < 1.29 is 19.4 Å². The van der Waals surface area contributed by atoms with Gasteiger partial charge >= 0.3 is 0 Å². The molecular weight excluding hydrogens is 1830 g/mol. The SMILES string of the molecule is CC(C)Cc1cccc(-c2cccc(C(=O)NC(CN(C)C)CC(C)(C)C)c2)c1.CC(C)Cc1cccc(CN(CC2CCCCC2)[C@@H](CC(C)C)CN(C)C)c1.CC(C)Cc1cccc(CN(CCN(C)C)Cc2ccccc2-c2ccccc2)c1.CC(C)Cc1cccc(CN(Cc2ccccc2O)[C@@H](CC(C)C)CN(C)C)c1.COc1c(CC(C)C)cccc1-c1cccc(C(=O)N[C@@H](Cc2ccccc2)CN(C)C)c1. The van der Waals surface area contributed by atoms with Crippen molar-refractivity contribution in [1.29, 1.82) is 0 Å².